The zero-order chi connectivity index (χ0) is 9.97. The van der Waals surface area contributed by atoms with Crippen molar-refractivity contribution in [3.63, 3.8) is 0 Å². The van der Waals surface area contributed by atoms with Crippen molar-refractivity contribution in [1.82, 2.24) is 0 Å². The van der Waals surface area contributed by atoms with E-state index in [2.05, 4.69) is 0 Å². The van der Waals surface area contributed by atoms with Crippen LogP contribution >= 0.6 is 0 Å². The molecule has 0 saturated heterocycles. The third-order valence-corrected chi connectivity index (χ3v) is 3.00. The lowest BCUT2D eigenvalue weighted by Crippen LogP contribution is -2.27. The van der Waals surface area contributed by atoms with E-state index >= 15 is 0 Å². The molecule has 2 heteroatoms. The zero-order valence-corrected chi connectivity index (χ0v) is 8.26. The number of aliphatic hydroxyl groups is 1. The van der Waals surface area contributed by atoms with Gasteiger partial charge in [0.25, 0.3) is 0 Å². The molecule has 0 amide bonds. The highest BCUT2D eigenvalue weighted by Crippen LogP contribution is 2.38. The Morgan fingerprint density at radius 2 is 1.93 bits per heavy atom. The van der Waals surface area contributed by atoms with Crippen LogP contribution in [0.4, 0.5) is 0 Å². The van der Waals surface area contributed by atoms with Crippen molar-refractivity contribution in [3.05, 3.63) is 35.9 Å². The number of aliphatic hydroxyl groups excluding tert-OH is 1. The Hall–Kier alpha value is -0.860. The molecule has 1 fully saturated rings. The first kappa shape index (κ1) is 9.69. The summed E-state index contributed by atoms with van der Waals surface area (Å²) in [7, 11) is 0. The fourth-order valence-electron chi connectivity index (χ4n) is 1.94. The molecule has 0 aromatic heterocycles. The van der Waals surface area contributed by atoms with Crippen molar-refractivity contribution in [2.75, 3.05) is 6.54 Å². The maximum Gasteiger partial charge on any atom is 0.0648 e. The van der Waals surface area contributed by atoms with Gasteiger partial charge in [-0.15, -0.1) is 0 Å². The van der Waals surface area contributed by atoms with Crippen LogP contribution in [0.1, 0.15) is 24.3 Å². The van der Waals surface area contributed by atoms with Gasteiger partial charge < -0.3 is 10.8 Å². The molecule has 0 aliphatic heterocycles. The maximum atomic E-state index is 10.0. The molecule has 0 heterocycles. The Labute approximate surface area is 84.7 Å². The van der Waals surface area contributed by atoms with Gasteiger partial charge >= 0.3 is 0 Å². The van der Waals surface area contributed by atoms with Crippen LogP contribution in [0, 0.1) is 5.92 Å². The molecule has 76 valence electrons. The summed E-state index contributed by atoms with van der Waals surface area (Å²) < 4.78 is 0. The third-order valence-electron chi connectivity index (χ3n) is 3.00. The first-order valence-corrected chi connectivity index (χ1v) is 5.26. The Kier molecular flexibility index (Phi) is 2.85. The van der Waals surface area contributed by atoms with Gasteiger partial charge in [-0.1, -0.05) is 30.3 Å². The Bertz CT molecular complexity index is 282. The monoisotopic (exact) mass is 191 g/mol. The summed E-state index contributed by atoms with van der Waals surface area (Å²) in [6.07, 6.45) is 2.07. The summed E-state index contributed by atoms with van der Waals surface area (Å²) in [5, 5.41) is 10.0. The smallest absolute Gasteiger partial charge is 0.0648 e. The van der Waals surface area contributed by atoms with Gasteiger partial charge in [-0.3, -0.25) is 0 Å². The average molecular weight is 191 g/mol. The van der Waals surface area contributed by atoms with E-state index in [0.29, 0.717) is 12.5 Å². The van der Waals surface area contributed by atoms with Crippen LogP contribution in [0.2, 0.25) is 0 Å². The molecule has 2 nitrogen and oxygen atoms in total. The Morgan fingerprint density at radius 1 is 1.29 bits per heavy atom. The van der Waals surface area contributed by atoms with Crippen LogP contribution in [-0.4, -0.2) is 17.8 Å². The SMILES string of the molecule is NCC(c1ccccc1)C(O)C1CC1. The van der Waals surface area contributed by atoms with Crippen molar-refractivity contribution in [2.45, 2.75) is 24.9 Å². The van der Waals surface area contributed by atoms with Gasteiger partial charge in [0.2, 0.25) is 0 Å². The number of hydrogen-bond acceptors (Lipinski definition) is 2. The molecule has 2 unspecified atom stereocenters. The molecule has 3 N–H and O–H groups in total. The number of benzene rings is 1. The van der Waals surface area contributed by atoms with Crippen LogP contribution in [0.5, 0.6) is 0 Å². The predicted octanol–water partition coefficient (Wildman–Crippen LogP) is 1.50. The molecule has 1 aliphatic rings. The van der Waals surface area contributed by atoms with E-state index in [1.165, 1.54) is 0 Å². The van der Waals surface area contributed by atoms with Crippen molar-refractivity contribution in [2.24, 2.45) is 11.7 Å². The topological polar surface area (TPSA) is 46.2 Å². The fraction of sp³-hybridized carbons (Fsp3) is 0.500. The second-order valence-electron chi connectivity index (χ2n) is 4.08. The van der Waals surface area contributed by atoms with E-state index in [0.717, 1.165) is 18.4 Å². The minimum atomic E-state index is -0.248. The summed E-state index contributed by atoms with van der Waals surface area (Å²) in [6, 6.07) is 10.1. The van der Waals surface area contributed by atoms with Crippen LogP contribution in [0.15, 0.2) is 30.3 Å². The quantitative estimate of drug-likeness (QED) is 0.757. The van der Waals surface area contributed by atoms with Crippen LogP contribution in [-0.2, 0) is 0 Å². The Balaban J connectivity index is 2.12. The van der Waals surface area contributed by atoms with Gasteiger partial charge in [0.15, 0.2) is 0 Å². The minimum Gasteiger partial charge on any atom is -0.392 e. The summed E-state index contributed by atoms with van der Waals surface area (Å²) >= 11 is 0. The van der Waals surface area contributed by atoms with Crippen LogP contribution in [0.25, 0.3) is 0 Å². The normalized spacial score (nSPS) is 20.4. The van der Waals surface area contributed by atoms with Crippen LogP contribution < -0.4 is 5.73 Å². The highest BCUT2D eigenvalue weighted by atomic mass is 16.3. The molecular formula is C12H17NO. The van der Waals surface area contributed by atoms with Crippen molar-refractivity contribution in [3.8, 4) is 0 Å². The standard InChI is InChI=1S/C12H17NO/c13-8-11(12(14)10-6-7-10)9-4-2-1-3-5-9/h1-5,10-12,14H,6-8,13H2. The molecule has 1 aromatic carbocycles. The maximum absolute atomic E-state index is 10.0. The lowest BCUT2D eigenvalue weighted by Gasteiger charge is -2.21. The molecule has 0 radical (unpaired) electrons. The van der Waals surface area contributed by atoms with E-state index in [1.54, 1.807) is 0 Å². The number of hydrogen-bond donors (Lipinski definition) is 2. The highest BCUT2D eigenvalue weighted by molar-refractivity contribution is 5.21. The second-order valence-corrected chi connectivity index (χ2v) is 4.08. The molecule has 1 aliphatic carbocycles. The molecule has 2 rings (SSSR count). The van der Waals surface area contributed by atoms with E-state index in [9.17, 15) is 5.11 Å². The second kappa shape index (κ2) is 4.11. The van der Waals surface area contributed by atoms with E-state index in [1.807, 2.05) is 30.3 Å². The van der Waals surface area contributed by atoms with Crippen molar-refractivity contribution < 1.29 is 5.11 Å². The number of rotatable bonds is 4. The van der Waals surface area contributed by atoms with E-state index in [4.69, 9.17) is 5.73 Å². The third kappa shape index (κ3) is 1.97. The highest BCUT2D eigenvalue weighted by Gasteiger charge is 2.35. The van der Waals surface area contributed by atoms with Crippen molar-refractivity contribution >= 4 is 0 Å². The summed E-state index contributed by atoms with van der Waals surface area (Å²) in [5.41, 5.74) is 6.87. The van der Waals surface area contributed by atoms with Gasteiger partial charge in [0, 0.05) is 12.5 Å². The van der Waals surface area contributed by atoms with Gasteiger partial charge in [-0.25, -0.2) is 0 Å². The molecule has 1 saturated carbocycles. The van der Waals surface area contributed by atoms with Gasteiger partial charge in [-0.05, 0) is 24.3 Å². The van der Waals surface area contributed by atoms with E-state index in [-0.39, 0.29) is 12.0 Å². The Morgan fingerprint density at radius 3 is 2.43 bits per heavy atom. The van der Waals surface area contributed by atoms with Gasteiger partial charge in [-0.2, -0.15) is 0 Å². The predicted molar refractivity (Wildman–Crippen MR) is 57.0 cm³/mol. The lowest BCUT2D eigenvalue weighted by molar-refractivity contribution is 0.123. The minimum absolute atomic E-state index is 0.115. The molecule has 14 heavy (non-hydrogen) atoms. The average Bonchev–Trinajstić information content (AvgIpc) is 3.03. The van der Waals surface area contributed by atoms with E-state index < -0.39 is 0 Å². The fourth-order valence-corrected chi connectivity index (χ4v) is 1.94. The summed E-state index contributed by atoms with van der Waals surface area (Å²) in [5.74, 6) is 0.604. The lowest BCUT2D eigenvalue weighted by atomic mass is 9.91. The van der Waals surface area contributed by atoms with Crippen molar-refractivity contribution in [1.29, 1.82) is 0 Å². The summed E-state index contributed by atoms with van der Waals surface area (Å²) in [6.45, 7) is 0.529. The molecule has 1 aromatic rings. The molecular weight excluding hydrogens is 174 g/mol. The largest absolute Gasteiger partial charge is 0.392 e. The molecule has 0 bridgehead atoms. The van der Waals surface area contributed by atoms with Gasteiger partial charge in [0.05, 0.1) is 6.10 Å². The van der Waals surface area contributed by atoms with Gasteiger partial charge in [0.1, 0.15) is 0 Å². The number of nitrogens with two attached hydrogens (primary N) is 1. The molecule has 2 atom stereocenters. The summed E-state index contributed by atoms with van der Waals surface area (Å²) in [4.78, 5) is 0. The molecule has 0 spiro atoms. The zero-order valence-electron chi connectivity index (χ0n) is 8.26. The first-order chi connectivity index (χ1) is 6.83. The first-order valence-electron chi connectivity index (χ1n) is 5.26. The van der Waals surface area contributed by atoms with Crippen LogP contribution in [0.3, 0.4) is 0 Å².